The molecule has 2 aromatic heterocycles. The molecule has 2 aliphatic carbocycles. The average molecular weight is 415 g/mol. The smallest absolute Gasteiger partial charge is 0.306 e. The number of amides is 1. The number of carbonyl (C=O) groups excluding carboxylic acids is 2. The number of nitrogens with two attached hydrogens (primary N) is 1. The van der Waals surface area contributed by atoms with Crippen LogP contribution >= 0.6 is 0 Å². The van der Waals surface area contributed by atoms with Gasteiger partial charge in [-0.2, -0.15) is 9.50 Å². The number of rotatable bonds is 7. The third kappa shape index (κ3) is 4.11. The number of ether oxygens (including phenoxy) is 1. The monoisotopic (exact) mass is 414 g/mol. The first-order chi connectivity index (χ1) is 14.3. The van der Waals surface area contributed by atoms with Crippen LogP contribution in [0.15, 0.2) is 0 Å². The lowest BCUT2D eigenvalue weighted by Gasteiger charge is -2.28. The van der Waals surface area contributed by atoms with Crippen LogP contribution < -0.4 is 11.1 Å². The largest absolute Gasteiger partial charge is 0.456 e. The topological polar surface area (TPSA) is 124 Å². The number of anilines is 1. The van der Waals surface area contributed by atoms with E-state index in [0.717, 1.165) is 28.8 Å². The zero-order chi connectivity index (χ0) is 21.4. The van der Waals surface area contributed by atoms with Crippen molar-refractivity contribution in [2.45, 2.75) is 65.3 Å². The predicted octanol–water partition coefficient (Wildman–Crippen LogP) is 1.74. The highest BCUT2D eigenvalue weighted by Crippen LogP contribution is 2.49. The van der Waals surface area contributed by atoms with Crippen LogP contribution in [0, 0.1) is 31.6 Å². The summed E-state index contributed by atoms with van der Waals surface area (Å²) in [5.74, 6) is 2.10. The van der Waals surface area contributed by atoms with Gasteiger partial charge >= 0.3 is 5.97 Å². The maximum atomic E-state index is 12.2. The summed E-state index contributed by atoms with van der Waals surface area (Å²) in [7, 11) is 0. The predicted molar refractivity (Wildman–Crippen MR) is 110 cm³/mol. The molecular formula is C21H30N6O3. The van der Waals surface area contributed by atoms with Gasteiger partial charge in [-0.3, -0.25) is 9.59 Å². The van der Waals surface area contributed by atoms with Crippen molar-refractivity contribution in [1.82, 2.24) is 24.9 Å². The molecule has 3 N–H and O–H groups in total. The van der Waals surface area contributed by atoms with Gasteiger partial charge in [0.05, 0.1) is 0 Å². The Morgan fingerprint density at radius 1 is 1.27 bits per heavy atom. The maximum absolute atomic E-state index is 12.2. The standard InChI is InChI=1S/C21H30N6O3/c1-11-16(13(3)27-21(24-11)25-20(22)26-27)6-7-19(29)30-10-18(28)23-12(2)17-9-14-4-5-15(17)8-14/h12,14-15,17H,4-10H2,1-3H3,(H2,22,26)(H,23,28)/t12-,14-,15-,17-/m0/s1. The molecule has 0 aromatic carbocycles. The van der Waals surface area contributed by atoms with Crippen LogP contribution in [-0.2, 0) is 20.7 Å². The minimum Gasteiger partial charge on any atom is -0.456 e. The molecule has 4 atom stereocenters. The van der Waals surface area contributed by atoms with E-state index in [0.29, 0.717) is 18.1 Å². The number of nitrogens with one attached hydrogen (secondary N) is 1. The molecule has 30 heavy (non-hydrogen) atoms. The van der Waals surface area contributed by atoms with E-state index in [2.05, 4.69) is 27.3 Å². The second kappa shape index (κ2) is 8.20. The van der Waals surface area contributed by atoms with Crippen molar-refractivity contribution in [3.05, 3.63) is 17.0 Å². The third-order valence-electron chi connectivity index (χ3n) is 6.83. The van der Waals surface area contributed by atoms with E-state index in [-0.39, 0.29) is 30.9 Å². The molecule has 0 aliphatic heterocycles. The molecule has 162 valence electrons. The van der Waals surface area contributed by atoms with Gasteiger partial charge in [-0.25, -0.2) is 4.98 Å². The van der Waals surface area contributed by atoms with Crippen molar-refractivity contribution >= 4 is 23.6 Å². The molecule has 1 amide bonds. The van der Waals surface area contributed by atoms with E-state index in [1.165, 1.54) is 25.7 Å². The molecule has 2 aliphatic rings. The summed E-state index contributed by atoms with van der Waals surface area (Å²) in [6.45, 7) is 5.58. The molecule has 9 nitrogen and oxygen atoms in total. The van der Waals surface area contributed by atoms with Crippen LogP contribution in [0.4, 0.5) is 5.95 Å². The molecule has 4 rings (SSSR count). The van der Waals surface area contributed by atoms with Crippen molar-refractivity contribution in [2.24, 2.45) is 17.8 Å². The Kier molecular flexibility index (Phi) is 5.62. The highest BCUT2D eigenvalue weighted by molar-refractivity contribution is 5.80. The van der Waals surface area contributed by atoms with E-state index in [1.807, 2.05) is 13.8 Å². The summed E-state index contributed by atoms with van der Waals surface area (Å²) in [4.78, 5) is 32.9. The maximum Gasteiger partial charge on any atom is 0.306 e. The Hall–Kier alpha value is -2.71. The van der Waals surface area contributed by atoms with Crippen LogP contribution in [-0.4, -0.2) is 44.1 Å². The lowest BCUT2D eigenvalue weighted by atomic mass is 9.84. The molecule has 0 radical (unpaired) electrons. The second-order valence-electron chi connectivity index (χ2n) is 8.80. The fourth-order valence-electron chi connectivity index (χ4n) is 5.34. The number of hydrogen-bond donors (Lipinski definition) is 2. The van der Waals surface area contributed by atoms with Crippen LogP contribution in [0.3, 0.4) is 0 Å². The van der Waals surface area contributed by atoms with Gasteiger partial charge in [0.2, 0.25) is 5.95 Å². The molecule has 2 fully saturated rings. The molecule has 2 aromatic rings. The normalized spacial score (nSPS) is 23.6. The summed E-state index contributed by atoms with van der Waals surface area (Å²) >= 11 is 0. The van der Waals surface area contributed by atoms with Gasteiger partial charge in [-0.15, -0.1) is 5.10 Å². The lowest BCUT2D eigenvalue weighted by Crippen LogP contribution is -2.42. The van der Waals surface area contributed by atoms with Crippen molar-refractivity contribution in [1.29, 1.82) is 0 Å². The lowest BCUT2D eigenvalue weighted by molar-refractivity contribution is -0.148. The fourth-order valence-corrected chi connectivity index (χ4v) is 5.34. The van der Waals surface area contributed by atoms with Crippen molar-refractivity contribution < 1.29 is 14.3 Å². The Morgan fingerprint density at radius 3 is 2.77 bits per heavy atom. The number of aromatic nitrogens is 4. The fraction of sp³-hybridized carbons (Fsp3) is 0.667. The van der Waals surface area contributed by atoms with Gasteiger partial charge in [0, 0.05) is 23.9 Å². The van der Waals surface area contributed by atoms with Crippen molar-refractivity contribution in [3.63, 3.8) is 0 Å². The highest BCUT2D eigenvalue weighted by Gasteiger charge is 2.42. The zero-order valence-electron chi connectivity index (χ0n) is 17.9. The Morgan fingerprint density at radius 2 is 2.07 bits per heavy atom. The third-order valence-corrected chi connectivity index (χ3v) is 6.83. The van der Waals surface area contributed by atoms with Gasteiger partial charge in [0.1, 0.15) is 0 Å². The minimum absolute atomic E-state index is 0.129. The Balaban J connectivity index is 1.25. The van der Waals surface area contributed by atoms with E-state index in [4.69, 9.17) is 10.5 Å². The summed E-state index contributed by atoms with van der Waals surface area (Å²) < 4.78 is 6.77. The van der Waals surface area contributed by atoms with Gasteiger partial charge < -0.3 is 15.8 Å². The first kappa shape index (κ1) is 20.6. The summed E-state index contributed by atoms with van der Waals surface area (Å²) in [6, 6.07) is 0.129. The molecule has 2 bridgehead atoms. The number of fused-ring (bicyclic) bond motifs is 3. The molecule has 2 saturated carbocycles. The van der Waals surface area contributed by atoms with Crippen LogP contribution in [0.1, 0.15) is 56.0 Å². The van der Waals surface area contributed by atoms with Gasteiger partial charge in [-0.05, 0) is 69.8 Å². The quantitative estimate of drug-likeness (QED) is 0.661. The van der Waals surface area contributed by atoms with Crippen LogP contribution in [0.25, 0.3) is 5.78 Å². The first-order valence-corrected chi connectivity index (χ1v) is 10.7. The van der Waals surface area contributed by atoms with Gasteiger partial charge in [0.15, 0.2) is 6.61 Å². The van der Waals surface area contributed by atoms with Gasteiger partial charge in [-0.1, -0.05) is 6.42 Å². The molecule has 9 heteroatoms. The second-order valence-corrected chi connectivity index (χ2v) is 8.80. The Labute approximate surface area is 175 Å². The summed E-state index contributed by atoms with van der Waals surface area (Å²) in [6.07, 6.45) is 5.74. The molecule has 0 unspecified atom stereocenters. The zero-order valence-corrected chi connectivity index (χ0v) is 17.9. The minimum atomic E-state index is -0.408. The summed E-state index contributed by atoms with van der Waals surface area (Å²) in [5.41, 5.74) is 8.16. The van der Waals surface area contributed by atoms with Crippen molar-refractivity contribution in [2.75, 3.05) is 12.3 Å². The SMILES string of the molecule is Cc1nc2nc(N)nn2c(C)c1CCC(=O)OCC(=O)N[C@@H](C)[C@@H]1C[C@H]2CC[C@H]1C2. The number of nitrogens with zero attached hydrogens (tertiary/aromatic N) is 4. The van der Waals surface area contributed by atoms with Crippen LogP contribution in [0.5, 0.6) is 0 Å². The van der Waals surface area contributed by atoms with Crippen LogP contribution in [0.2, 0.25) is 0 Å². The molecule has 0 saturated heterocycles. The van der Waals surface area contributed by atoms with E-state index >= 15 is 0 Å². The molecular weight excluding hydrogens is 384 g/mol. The number of hydrogen-bond acceptors (Lipinski definition) is 7. The van der Waals surface area contributed by atoms with Crippen molar-refractivity contribution in [3.8, 4) is 0 Å². The van der Waals surface area contributed by atoms with E-state index < -0.39 is 5.97 Å². The average Bonchev–Trinajstić information content (AvgIpc) is 3.41. The highest BCUT2D eigenvalue weighted by atomic mass is 16.5. The number of carbonyl (C=O) groups is 2. The van der Waals surface area contributed by atoms with Gasteiger partial charge in [0.25, 0.3) is 11.7 Å². The summed E-state index contributed by atoms with van der Waals surface area (Å²) in [5, 5.41) is 7.15. The van der Waals surface area contributed by atoms with E-state index in [9.17, 15) is 9.59 Å². The van der Waals surface area contributed by atoms with E-state index in [1.54, 1.807) is 4.52 Å². The number of aryl methyl sites for hydroxylation is 2. The number of esters is 1. The first-order valence-electron chi connectivity index (χ1n) is 10.7. The molecule has 0 spiro atoms. The Bertz CT molecular complexity index is 971. The number of nitrogen functional groups attached to an aromatic ring is 1. The molecule has 2 heterocycles.